The van der Waals surface area contributed by atoms with Crippen molar-refractivity contribution in [2.45, 2.75) is 38.3 Å². The van der Waals surface area contributed by atoms with E-state index in [4.69, 9.17) is 0 Å². The normalized spacial score (nSPS) is 15.3. The molecule has 2 aromatic heterocycles. The maximum atomic E-state index is 12.8. The number of amides is 1. The van der Waals surface area contributed by atoms with Gasteiger partial charge in [-0.25, -0.2) is 0 Å². The zero-order valence-corrected chi connectivity index (χ0v) is 18.0. The standard InChI is InChI=1S/C24H29N5O2/c1-27(20-10-15-28(16-11-20)14-9-19-6-4-5-13-25-19)24(31)12-17-29-22-8-3-2-7-21(22)23(30)18-26-29/h2-8,13,18,20H,9-12,14-17H2,1H3. The minimum atomic E-state index is -0.0925. The Morgan fingerprint density at radius 2 is 1.87 bits per heavy atom. The molecule has 0 atom stereocenters. The Kier molecular flexibility index (Phi) is 6.72. The Bertz CT molecular complexity index is 1070. The van der Waals surface area contributed by atoms with Crippen LogP contribution in [0.1, 0.15) is 25.0 Å². The van der Waals surface area contributed by atoms with Crippen molar-refractivity contribution >= 4 is 16.8 Å². The molecule has 0 aliphatic carbocycles. The number of nitrogens with zero attached hydrogens (tertiary/aromatic N) is 5. The number of carbonyl (C=O) groups is 1. The second-order valence-corrected chi connectivity index (χ2v) is 8.15. The predicted octanol–water partition coefficient (Wildman–Crippen LogP) is 2.35. The molecule has 0 spiro atoms. The highest BCUT2D eigenvalue weighted by Gasteiger charge is 2.25. The Labute approximate surface area is 182 Å². The van der Waals surface area contributed by atoms with Crippen molar-refractivity contribution in [1.82, 2.24) is 24.6 Å². The highest BCUT2D eigenvalue weighted by Crippen LogP contribution is 2.17. The van der Waals surface area contributed by atoms with Gasteiger partial charge in [0.05, 0.1) is 18.3 Å². The van der Waals surface area contributed by atoms with Crippen molar-refractivity contribution in [3.8, 4) is 0 Å². The Hall–Kier alpha value is -3.06. The lowest BCUT2D eigenvalue weighted by Crippen LogP contribution is -2.46. The first-order chi connectivity index (χ1) is 15.1. The van der Waals surface area contributed by atoms with E-state index in [0.717, 1.165) is 50.1 Å². The first kappa shape index (κ1) is 21.2. The summed E-state index contributed by atoms with van der Waals surface area (Å²) in [5, 5.41) is 4.86. The maximum Gasteiger partial charge on any atom is 0.224 e. The molecule has 0 radical (unpaired) electrons. The molecule has 1 aliphatic rings. The minimum absolute atomic E-state index is 0.0925. The average Bonchev–Trinajstić information content (AvgIpc) is 2.83. The molecule has 1 aliphatic heterocycles. The summed E-state index contributed by atoms with van der Waals surface area (Å²) < 4.78 is 1.75. The molecule has 1 aromatic carbocycles. The van der Waals surface area contributed by atoms with Gasteiger partial charge < -0.3 is 9.80 Å². The van der Waals surface area contributed by atoms with Crippen molar-refractivity contribution in [1.29, 1.82) is 0 Å². The zero-order chi connectivity index (χ0) is 21.6. The number of carbonyl (C=O) groups excluding carboxylic acids is 1. The van der Waals surface area contributed by atoms with Crippen LogP contribution in [-0.4, -0.2) is 63.2 Å². The summed E-state index contributed by atoms with van der Waals surface area (Å²) in [5.74, 6) is 0.122. The third-order valence-electron chi connectivity index (χ3n) is 6.21. The van der Waals surface area contributed by atoms with Crippen LogP contribution in [0.3, 0.4) is 0 Å². The van der Waals surface area contributed by atoms with Gasteiger partial charge in [0.2, 0.25) is 11.3 Å². The SMILES string of the molecule is CN(C(=O)CCn1ncc(=O)c2ccccc21)C1CCN(CCc2ccccn2)CC1. The smallest absolute Gasteiger partial charge is 0.224 e. The van der Waals surface area contributed by atoms with E-state index in [1.165, 1.54) is 6.20 Å². The van der Waals surface area contributed by atoms with Crippen LogP contribution in [-0.2, 0) is 17.8 Å². The fourth-order valence-corrected chi connectivity index (χ4v) is 4.27. The van der Waals surface area contributed by atoms with Crippen molar-refractivity contribution in [2.75, 3.05) is 26.7 Å². The predicted molar refractivity (Wildman–Crippen MR) is 121 cm³/mol. The van der Waals surface area contributed by atoms with Crippen LogP contribution in [0.5, 0.6) is 0 Å². The molecule has 3 aromatic rings. The van der Waals surface area contributed by atoms with Gasteiger partial charge >= 0.3 is 0 Å². The largest absolute Gasteiger partial charge is 0.343 e. The first-order valence-electron chi connectivity index (χ1n) is 10.9. The zero-order valence-electron chi connectivity index (χ0n) is 18.0. The summed E-state index contributed by atoms with van der Waals surface area (Å²) in [6.45, 7) is 3.47. The molecule has 0 N–H and O–H groups in total. The summed E-state index contributed by atoms with van der Waals surface area (Å²) in [4.78, 5) is 33.5. The molecule has 162 valence electrons. The quantitative estimate of drug-likeness (QED) is 0.588. The van der Waals surface area contributed by atoms with Gasteiger partial charge in [0.1, 0.15) is 0 Å². The van der Waals surface area contributed by atoms with E-state index in [-0.39, 0.29) is 17.4 Å². The second kappa shape index (κ2) is 9.83. The molecule has 0 saturated carbocycles. The lowest BCUT2D eigenvalue weighted by Gasteiger charge is -2.36. The molecule has 1 fully saturated rings. The molecule has 7 nitrogen and oxygen atoms in total. The molecule has 31 heavy (non-hydrogen) atoms. The fraction of sp³-hybridized carbons (Fsp3) is 0.417. The van der Waals surface area contributed by atoms with Crippen LogP contribution in [0.2, 0.25) is 0 Å². The number of rotatable bonds is 7. The summed E-state index contributed by atoms with van der Waals surface area (Å²) in [6.07, 6.45) is 6.48. The summed E-state index contributed by atoms with van der Waals surface area (Å²) >= 11 is 0. The number of fused-ring (bicyclic) bond motifs is 1. The van der Waals surface area contributed by atoms with Crippen molar-refractivity contribution in [3.63, 3.8) is 0 Å². The number of hydrogen-bond donors (Lipinski definition) is 0. The minimum Gasteiger partial charge on any atom is -0.343 e. The van der Waals surface area contributed by atoms with Crippen LogP contribution in [0.25, 0.3) is 10.9 Å². The van der Waals surface area contributed by atoms with E-state index in [9.17, 15) is 9.59 Å². The van der Waals surface area contributed by atoms with Crippen molar-refractivity contribution in [2.24, 2.45) is 0 Å². The molecule has 4 rings (SSSR count). The van der Waals surface area contributed by atoms with Gasteiger partial charge in [-0.3, -0.25) is 19.3 Å². The molecule has 3 heterocycles. The van der Waals surface area contributed by atoms with Gasteiger partial charge in [-0.05, 0) is 37.1 Å². The van der Waals surface area contributed by atoms with Crippen LogP contribution < -0.4 is 5.43 Å². The topological polar surface area (TPSA) is 71.3 Å². The van der Waals surface area contributed by atoms with Crippen LogP contribution in [0, 0.1) is 0 Å². The van der Waals surface area contributed by atoms with Crippen molar-refractivity contribution < 1.29 is 4.79 Å². The molecule has 0 unspecified atom stereocenters. The molecule has 0 bridgehead atoms. The van der Waals surface area contributed by atoms with Gasteiger partial charge in [-0.2, -0.15) is 5.10 Å². The highest BCUT2D eigenvalue weighted by atomic mass is 16.2. The number of aryl methyl sites for hydroxylation is 1. The monoisotopic (exact) mass is 419 g/mol. The number of aromatic nitrogens is 3. The number of hydrogen-bond acceptors (Lipinski definition) is 5. The lowest BCUT2D eigenvalue weighted by atomic mass is 10.0. The third-order valence-corrected chi connectivity index (χ3v) is 6.21. The summed E-state index contributed by atoms with van der Waals surface area (Å²) in [7, 11) is 1.91. The number of benzene rings is 1. The van der Waals surface area contributed by atoms with E-state index < -0.39 is 0 Å². The molecule has 1 saturated heterocycles. The van der Waals surface area contributed by atoms with Crippen LogP contribution in [0.4, 0.5) is 0 Å². The molecular weight excluding hydrogens is 390 g/mol. The van der Waals surface area contributed by atoms with E-state index >= 15 is 0 Å². The van der Waals surface area contributed by atoms with E-state index in [1.807, 2.05) is 48.5 Å². The fourth-order valence-electron chi connectivity index (χ4n) is 4.27. The van der Waals surface area contributed by atoms with E-state index in [2.05, 4.69) is 21.0 Å². The molecule has 1 amide bonds. The number of piperidine rings is 1. The highest BCUT2D eigenvalue weighted by molar-refractivity contribution is 5.79. The maximum absolute atomic E-state index is 12.8. The summed E-state index contributed by atoms with van der Waals surface area (Å²) in [5.41, 5.74) is 1.80. The summed E-state index contributed by atoms with van der Waals surface area (Å²) in [6, 6.07) is 13.7. The van der Waals surface area contributed by atoms with Crippen molar-refractivity contribution in [3.05, 3.63) is 70.8 Å². The van der Waals surface area contributed by atoms with Crippen LogP contribution >= 0.6 is 0 Å². The number of para-hydroxylation sites is 1. The van der Waals surface area contributed by atoms with E-state index in [1.54, 1.807) is 10.7 Å². The number of likely N-dealkylation sites (tertiary alicyclic amines) is 1. The third kappa shape index (κ3) is 5.17. The van der Waals surface area contributed by atoms with Crippen LogP contribution in [0.15, 0.2) is 59.7 Å². The average molecular weight is 420 g/mol. The van der Waals surface area contributed by atoms with Gasteiger partial charge in [-0.15, -0.1) is 0 Å². The molecule has 7 heteroatoms. The Morgan fingerprint density at radius 3 is 2.65 bits per heavy atom. The van der Waals surface area contributed by atoms with Gasteiger partial charge in [0.25, 0.3) is 0 Å². The Balaban J connectivity index is 1.27. The lowest BCUT2D eigenvalue weighted by molar-refractivity contribution is -0.133. The Morgan fingerprint density at radius 1 is 1.10 bits per heavy atom. The van der Waals surface area contributed by atoms with E-state index in [0.29, 0.717) is 18.4 Å². The molecular formula is C24H29N5O2. The first-order valence-corrected chi connectivity index (χ1v) is 10.9. The number of pyridine rings is 1. The van der Waals surface area contributed by atoms with Gasteiger partial charge in [-0.1, -0.05) is 18.2 Å². The van der Waals surface area contributed by atoms with Gasteiger partial charge in [0, 0.05) is 62.8 Å². The second-order valence-electron chi connectivity index (χ2n) is 8.15. The van der Waals surface area contributed by atoms with Gasteiger partial charge in [0.15, 0.2) is 0 Å².